The van der Waals surface area contributed by atoms with E-state index in [0.29, 0.717) is 18.7 Å². The number of amides is 1. The van der Waals surface area contributed by atoms with Gasteiger partial charge in [-0.3, -0.25) is 4.79 Å². The summed E-state index contributed by atoms with van der Waals surface area (Å²) >= 11 is 0. The van der Waals surface area contributed by atoms with Crippen molar-refractivity contribution < 1.29 is 21.6 Å². The molecule has 0 aromatic heterocycles. The van der Waals surface area contributed by atoms with Crippen LogP contribution in [0.5, 0.6) is 0 Å². The summed E-state index contributed by atoms with van der Waals surface area (Å²) in [6.07, 6.45) is 2.15. The van der Waals surface area contributed by atoms with Crippen molar-refractivity contribution in [2.45, 2.75) is 37.1 Å². The Bertz CT molecular complexity index is 851. The minimum Gasteiger partial charge on any atom is -0.376 e. The molecule has 152 valence electrons. The molecule has 1 aromatic carbocycles. The average Bonchev–Trinajstić information content (AvgIpc) is 2.96. The predicted molar refractivity (Wildman–Crippen MR) is 105 cm³/mol. The fourth-order valence-electron chi connectivity index (χ4n) is 2.80. The van der Waals surface area contributed by atoms with Crippen LogP contribution in [0.15, 0.2) is 29.2 Å². The van der Waals surface area contributed by atoms with E-state index in [4.69, 9.17) is 0 Å². The van der Waals surface area contributed by atoms with E-state index in [-0.39, 0.29) is 34.9 Å². The summed E-state index contributed by atoms with van der Waals surface area (Å²) < 4.78 is 49.0. The van der Waals surface area contributed by atoms with Crippen LogP contribution in [-0.2, 0) is 24.7 Å². The fourth-order valence-corrected chi connectivity index (χ4v) is 5.68. The Kier molecular flexibility index (Phi) is 7.24. The molecule has 0 aliphatic carbocycles. The molecule has 1 saturated heterocycles. The lowest BCUT2D eigenvalue weighted by Crippen LogP contribution is -2.39. The highest BCUT2D eigenvalue weighted by Crippen LogP contribution is 2.18. The minimum atomic E-state index is -3.52. The van der Waals surface area contributed by atoms with Crippen molar-refractivity contribution in [3.05, 3.63) is 24.3 Å². The Balaban J connectivity index is 1.87. The number of carbonyl (C=O) groups excluding carboxylic acids is 1. The van der Waals surface area contributed by atoms with Crippen LogP contribution in [-0.4, -0.2) is 64.7 Å². The number of sulfone groups is 1. The first-order valence-corrected chi connectivity index (χ1v) is 12.2. The maximum Gasteiger partial charge on any atom is 0.242 e. The Labute approximate surface area is 161 Å². The normalized spacial score (nSPS) is 19.1. The van der Waals surface area contributed by atoms with E-state index in [2.05, 4.69) is 10.6 Å². The van der Waals surface area contributed by atoms with Crippen LogP contribution in [0.1, 0.15) is 26.2 Å². The molecule has 1 amide bonds. The summed E-state index contributed by atoms with van der Waals surface area (Å²) in [7, 11) is -4.99. The summed E-state index contributed by atoms with van der Waals surface area (Å²) in [4.78, 5) is 12.1. The van der Waals surface area contributed by atoms with E-state index in [0.717, 1.165) is 12.8 Å². The predicted octanol–water partition coefficient (Wildman–Crippen LogP) is 0.822. The number of nitrogens with one attached hydrogen (secondary N) is 2. The molecule has 1 aliphatic heterocycles. The van der Waals surface area contributed by atoms with Crippen molar-refractivity contribution in [3.63, 3.8) is 0 Å². The topological polar surface area (TPSA) is 113 Å². The van der Waals surface area contributed by atoms with Gasteiger partial charge >= 0.3 is 0 Å². The number of carbonyl (C=O) groups is 1. The van der Waals surface area contributed by atoms with Gasteiger partial charge in [-0.1, -0.05) is 13.3 Å². The third-order valence-corrected chi connectivity index (χ3v) is 8.08. The molecular formula is C17H27N3O5S2. The van der Waals surface area contributed by atoms with Gasteiger partial charge in [-0.15, -0.1) is 0 Å². The van der Waals surface area contributed by atoms with Crippen molar-refractivity contribution in [2.24, 2.45) is 0 Å². The highest BCUT2D eigenvalue weighted by atomic mass is 32.2. The molecule has 1 aromatic rings. The molecule has 0 radical (unpaired) electrons. The van der Waals surface area contributed by atoms with Gasteiger partial charge in [-0.2, -0.15) is 0 Å². The quantitative estimate of drug-likeness (QED) is 0.615. The van der Waals surface area contributed by atoms with Crippen LogP contribution in [0.4, 0.5) is 5.69 Å². The molecule has 10 heteroatoms. The number of sulfonamides is 1. The van der Waals surface area contributed by atoms with E-state index < -0.39 is 19.9 Å². The summed E-state index contributed by atoms with van der Waals surface area (Å²) in [5, 5.41) is 5.60. The summed E-state index contributed by atoms with van der Waals surface area (Å²) in [6, 6.07) is 5.88. The maximum atomic E-state index is 12.5. The molecule has 1 atom stereocenters. The minimum absolute atomic E-state index is 0.0148. The molecule has 0 spiro atoms. The van der Waals surface area contributed by atoms with E-state index in [1.807, 2.05) is 6.92 Å². The Morgan fingerprint density at radius 2 is 1.93 bits per heavy atom. The molecule has 8 nitrogen and oxygen atoms in total. The van der Waals surface area contributed by atoms with Gasteiger partial charge in [0.1, 0.15) is 0 Å². The monoisotopic (exact) mass is 417 g/mol. The van der Waals surface area contributed by atoms with Gasteiger partial charge in [-0.25, -0.2) is 21.1 Å². The highest BCUT2D eigenvalue weighted by molar-refractivity contribution is 7.91. The zero-order chi connectivity index (χ0) is 20.1. The second-order valence-corrected chi connectivity index (χ2v) is 11.0. The molecule has 1 aliphatic rings. The van der Waals surface area contributed by atoms with Gasteiger partial charge in [0, 0.05) is 25.3 Å². The number of nitrogens with zero attached hydrogens (tertiary/aromatic N) is 1. The van der Waals surface area contributed by atoms with Crippen molar-refractivity contribution in [3.8, 4) is 0 Å². The molecule has 1 fully saturated rings. The van der Waals surface area contributed by atoms with Gasteiger partial charge in [-0.05, 0) is 37.1 Å². The second kappa shape index (κ2) is 9.03. The Hall–Kier alpha value is -1.65. The summed E-state index contributed by atoms with van der Waals surface area (Å²) in [5.41, 5.74) is 0.611. The van der Waals surface area contributed by atoms with Gasteiger partial charge < -0.3 is 10.6 Å². The third-order valence-electron chi connectivity index (χ3n) is 4.44. The first kappa shape index (κ1) is 21.6. The number of benzene rings is 1. The summed E-state index contributed by atoms with van der Waals surface area (Å²) in [5.74, 6) is -0.210. The van der Waals surface area contributed by atoms with E-state index in [1.54, 1.807) is 19.2 Å². The lowest BCUT2D eigenvalue weighted by molar-refractivity contribution is -0.119. The number of hydrogen-bond acceptors (Lipinski definition) is 6. The van der Waals surface area contributed by atoms with Crippen molar-refractivity contribution in [1.29, 1.82) is 0 Å². The molecule has 2 N–H and O–H groups in total. The smallest absolute Gasteiger partial charge is 0.242 e. The zero-order valence-corrected chi connectivity index (χ0v) is 17.3. The van der Waals surface area contributed by atoms with Crippen molar-refractivity contribution >= 4 is 31.5 Å². The number of unbranched alkanes of at least 4 members (excludes halogenated alkanes) is 1. The molecule has 27 heavy (non-hydrogen) atoms. The van der Waals surface area contributed by atoms with Crippen LogP contribution in [0.2, 0.25) is 0 Å². The van der Waals surface area contributed by atoms with Crippen LogP contribution in [0.25, 0.3) is 0 Å². The standard InChI is InChI=1S/C17H27N3O5S2/c1-3-4-10-20(2)27(24,25)16-7-5-14(6-8-16)18-12-17(21)19-15-9-11-26(22,23)13-15/h5-8,15,18H,3-4,9-13H2,1-2H3,(H,19,21). The first-order valence-electron chi connectivity index (χ1n) is 8.94. The van der Waals surface area contributed by atoms with Crippen LogP contribution < -0.4 is 10.6 Å². The molecule has 0 saturated carbocycles. The largest absolute Gasteiger partial charge is 0.376 e. The molecule has 1 unspecified atom stereocenters. The van der Waals surface area contributed by atoms with Gasteiger partial charge in [0.25, 0.3) is 0 Å². The molecule has 2 rings (SSSR count). The van der Waals surface area contributed by atoms with Crippen molar-refractivity contribution in [2.75, 3.05) is 37.0 Å². The van der Waals surface area contributed by atoms with Crippen LogP contribution in [0.3, 0.4) is 0 Å². The number of rotatable bonds is 9. The molecular weight excluding hydrogens is 390 g/mol. The number of anilines is 1. The van der Waals surface area contributed by atoms with E-state index >= 15 is 0 Å². The summed E-state index contributed by atoms with van der Waals surface area (Å²) in [6.45, 7) is 2.46. The number of hydrogen-bond donors (Lipinski definition) is 2. The second-order valence-electron chi connectivity index (χ2n) is 6.73. The third kappa shape index (κ3) is 6.18. The SMILES string of the molecule is CCCCN(C)S(=O)(=O)c1ccc(NCC(=O)NC2CCS(=O)(=O)C2)cc1. The van der Waals surface area contributed by atoms with Gasteiger partial charge in [0.15, 0.2) is 9.84 Å². The fraction of sp³-hybridized carbons (Fsp3) is 0.588. The Morgan fingerprint density at radius 3 is 2.48 bits per heavy atom. The first-order chi connectivity index (χ1) is 12.6. The lowest BCUT2D eigenvalue weighted by Gasteiger charge is -2.17. The van der Waals surface area contributed by atoms with E-state index in [9.17, 15) is 21.6 Å². The van der Waals surface area contributed by atoms with Crippen LogP contribution >= 0.6 is 0 Å². The van der Waals surface area contributed by atoms with Gasteiger partial charge in [0.2, 0.25) is 15.9 Å². The highest BCUT2D eigenvalue weighted by Gasteiger charge is 2.28. The lowest BCUT2D eigenvalue weighted by atomic mass is 10.2. The van der Waals surface area contributed by atoms with Gasteiger partial charge in [0.05, 0.1) is 22.9 Å². The van der Waals surface area contributed by atoms with Crippen LogP contribution in [0, 0.1) is 0 Å². The molecule has 0 bridgehead atoms. The van der Waals surface area contributed by atoms with Crippen molar-refractivity contribution in [1.82, 2.24) is 9.62 Å². The molecule has 1 heterocycles. The Morgan fingerprint density at radius 1 is 1.26 bits per heavy atom. The van der Waals surface area contributed by atoms with E-state index in [1.165, 1.54) is 16.4 Å². The average molecular weight is 418 g/mol. The maximum absolute atomic E-state index is 12.5. The zero-order valence-electron chi connectivity index (χ0n) is 15.6.